The van der Waals surface area contributed by atoms with Crippen LogP contribution in [0.25, 0.3) is 0 Å². The van der Waals surface area contributed by atoms with E-state index >= 15 is 0 Å². The molecule has 162 valence electrons. The molecule has 3 rings (SSSR count). The van der Waals surface area contributed by atoms with Gasteiger partial charge in [-0.15, -0.1) is 0 Å². The number of carbonyl (C=O) groups excluding carboxylic acids is 2. The molecule has 0 radical (unpaired) electrons. The van der Waals surface area contributed by atoms with E-state index in [1.165, 1.54) is 19.3 Å². The lowest BCUT2D eigenvalue weighted by Crippen LogP contribution is -2.65. The van der Waals surface area contributed by atoms with Crippen LogP contribution >= 0.6 is 0 Å². The van der Waals surface area contributed by atoms with Gasteiger partial charge in [0.25, 0.3) is 5.91 Å². The van der Waals surface area contributed by atoms with Crippen molar-refractivity contribution in [3.8, 4) is 0 Å². The van der Waals surface area contributed by atoms with Crippen molar-refractivity contribution in [2.24, 2.45) is 0 Å². The second kappa shape index (κ2) is 8.49. The molecule has 2 aliphatic rings. The Morgan fingerprint density at radius 1 is 1.21 bits per heavy atom. The average molecular weight is 403 g/mol. The number of nitrogens with zero attached hydrogens (tertiary/aromatic N) is 3. The molecular formula is C23H38N4O2. The van der Waals surface area contributed by atoms with Gasteiger partial charge in [-0.2, -0.15) is 5.10 Å². The van der Waals surface area contributed by atoms with Gasteiger partial charge in [-0.05, 0) is 32.3 Å². The first-order chi connectivity index (χ1) is 13.7. The van der Waals surface area contributed by atoms with Crippen molar-refractivity contribution >= 4 is 11.8 Å². The van der Waals surface area contributed by atoms with Crippen LogP contribution in [0.15, 0.2) is 6.07 Å². The zero-order chi connectivity index (χ0) is 21.2. The summed E-state index contributed by atoms with van der Waals surface area (Å²) in [7, 11) is 0. The third-order valence-corrected chi connectivity index (χ3v) is 6.44. The molecule has 0 unspecified atom stereocenters. The lowest BCUT2D eigenvalue weighted by Gasteiger charge is -2.44. The van der Waals surface area contributed by atoms with Gasteiger partial charge in [0.1, 0.15) is 11.2 Å². The van der Waals surface area contributed by atoms with Gasteiger partial charge in [-0.25, -0.2) is 0 Å². The Morgan fingerprint density at radius 3 is 2.41 bits per heavy atom. The van der Waals surface area contributed by atoms with Crippen LogP contribution in [-0.2, 0) is 16.8 Å². The van der Waals surface area contributed by atoms with Crippen LogP contribution in [0.4, 0.5) is 0 Å². The van der Waals surface area contributed by atoms with Gasteiger partial charge in [0, 0.05) is 18.0 Å². The van der Waals surface area contributed by atoms with E-state index in [0.29, 0.717) is 18.8 Å². The molecule has 6 nitrogen and oxygen atoms in total. The van der Waals surface area contributed by atoms with E-state index in [1.54, 1.807) is 9.58 Å². The molecule has 0 saturated heterocycles. The summed E-state index contributed by atoms with van der Waals surface area (Å²) in [6.07, 6.45) is 9.00. The van der Waals surface area contributed by atoms with E-state index in [4.69, 9.17) is 5.10 Å². The van der Waals surface area contributed by atoms with Crippen LogP contribution in [0.3, 0.4) is 0 Å². The standard InChI is InChI=1S/C23H38N4O2/c1-6-14-26-20(28)18-15-19(22(2,3)4)25-27(18)16-23(26,5)21(29)24-17-12-10-8-7-9-11-13-17/h15,17H,6-14,16H2,1-5H3,(H,24,29)/t23-/m1/s1. The Bertz CT molecular complexity index is 741. The summed E-state index contributed by atoms with van der Waals surface area (Å²) in [6.45, 7) is 11.2. The minimum Gasteiger partial charge on any atom is -0.351 e. The van der Waals surface area contributed by atoms with E-state index in [9.17, 15) is 9.59 Å². The first-order valence-electron chi connectivity index (χ1n) is 11.4. The van der Waals surface area contributed by atoms with E-state index in [2.05, 4.69) is 26.1 Å². The number of hydrogen-bond acceptors (Lipinski definition) is 3. The average Bonchev–Trinajstić information content (AvgIpc) is 3.05. The monoisotopic (exact) mass is 402 g/mol. The molecule has 29 heavy (non-hydrogen) atoms. The third kappa shape index (κ3) is 4.51. The maximum atomic E-state index is 13.5. The highest BCUT2D eigenvalue weighted by atomic mass is 16.2. The Labute approximate surface area is 175 Å². The fourth-order valence-corrected chi connectivity index (χ4v) is 4.52. The van der Waals surface area contributed by atoms with E-state index < -0.39 is 5.54 Å². The van der Waals surface area contributed by atoms with E-state index in [0.717, 1.165) is 37.8 Å². The number of rotatable bonds is 4. The maximum absolute atomic E-state index is 13.5. The maximum Gasteiger partial charge on any atom is 0.273 e. The summed E-state index contributed by atoms with van der Waals surface area (Å²) in [5.41, 5.74) is 0.433. The number of fused-ring (bicyclic) bond motifs is 1. The van der Waals surface area contributed by atoms with Gasteiger partial charge in [0.05, 0.1) is 12.2 Å². The molecule has 0 aromatic carbocycles. The molecule has 2 heterocycles. The molecule has 1 aromatic rings. The van der Waals surface area contributed by atoms with Crippen molar-refractivity contribution in [2.45, 2.75) is 110 Å². The molecular weight excluding hydrogens is 364 g/mol. The molecule has 0 spiro atoms. The minimum absolute atomic E-state index is 0.0386. The largest absolute Gasteiger partial charge is 0.351 e. The van der Waals surface area contributed by atoms with Gasteiger partial charge in [0.15, 0.2) is 0 Å². The van der Waals surface area contributed by atoms with Crippen LogP contribution in [-0.4, -0.2) is 44.6 Å². The van der Waals surface area contributed by atoms with Gasteiger partial charge in [0.2, 0.25) is 5.91 Å². The van der Waals surface area contributed by atoms with Crippen molar-refractivity contribution in [1.29, 1.82) is 0 Å². The summed E-state index contributed by atoms with van der Waals surface area (Å²) in [6, 6.07) is 2.11. The van der Waals surface area contributed by atoms with E-state index in [-0.39, 0.29) is 23.3 Å². The van der Waals surface area contributed by atoms with Crippen LogP contribution in [0.1, 0.15) is 102 Å². The first-order valence-corrected chi connectivity index (χ1v) is 11.4. The predicted molar refractivity (Wildman–Crippen MR) is 115 cm³/mol. The summed E-state index contributed by atoms with van der Waals surface area (Å²) in [5, 5.41) is 8.01. The van der Waals surface area contributed by atoms with Crippen molar-refractivity contribution in [3.05, 3.63) is 17.5 Å². The Morgan fingerprint density at radius 2 is 1.83 bits per heavy atom. The van der Waals surface area contributed by atoms with Crippen molar-refractivity contribution in [1.82, 2.24) is 20.0 Å². The Hall–Kier alpha value is -1.85. The molecule has 1 saturated carbocycles. The number of hydrogen-bond donors (Lipinski definition) is 1. The van der Waals surface area contributed by atoms with Crippen LogP contribution in [0, 0.1) is 0 Å². The second-order valence-electron chi connectivity index (χ2n) is 10.1. The fourth-order valence-electron chi connectivity index (χ4n) is 4.52. The highest BCUT2D eigenvalue weighted by molar-refractivity contribution is 5.99. The van der Waals surface area contributed by atoms with Crippen molar-refractivity contribution < 1.29 is 9.59 Å². The van der Waals surface area contributed by atoms with Crippen LogP contribution in [0.5, 0.6) is 0 Å². The highest BCUT2D eigenvalue weighted by Gasteiger charge is 2.48. The quantitative estimate of drug-likeness (QED) is 0.827. The molecule has 0 bridgehead atoms. The predicted octanol–water partition coefficient (Wildman–Crippen LogP) is 4.03. The smallest absolute Gasteiger partial charge is 0.273 e. The minimum atomic E-state index is -0.913. The summed E-state index contributed by atoms with van der Waals surface area (Å²) >= 11 is 0. The zero-order valence-corrected chi connectivity index (χ0v) is 18.9. The number of carbonyl (C=O) groups is 2. The second-order valence-corrected chi connectivity index (χ2v) is 10.1. The number of amides is 2. The number of aromatic nitrogens is 2. The number of nitrogens with one attached hydrogen (secondary N) is 1. The van der Waals surface area contributed by atoms with Gasteiger partial charge in [-0.3, -0.25) is 14.3 Å². The van der Waals surface area contributed by atoms with Crippen molar-refractivity contribution in [2.75, 3.05) is 6.54 Å². The lowest BCUT2D eigenvalue weighted by atomic mass is 9.91. The van der Waals surface area contributed by atoms with Gasteiger partial charge in [-0.1, -0.05) is 59.8 Å². The molecule has 6 heteroatoms. The SMILES string of the molecule is CCCN1C(=O)c2cc(C(C)(C)C)nn2C[C@]1(C)C(=O)NC1CCCCCCC1. The molecule has 1 aliphatic carbocycles. The van der Waals surface area contributed by atoms with Gasteiger partial charge < -0.3 is 10.2 Å². The third-order valence-electron chi connectivity index (χ3n) is 6.44. The molecule has 1 fully saturated rings. The summed E-state index contributed by atoms with van der Waals surface area (Å²) < 4.78 is 1.76. The fraction of sp³-hybridized carbons (Fsp3) is 0.783. The first kappa shape index (κ1) is 21.8. The highest BCUT2D eigenvalue weighted by Crippen LogP contribution is 2.31. The Kier molecular flexibility index (Phi) is 6.39. The molecule has 1 atom stereocenters. The molecule has 2 amide bonds. The lowest BCUT2D eigenvalue weighted by molar-refractivity contribution is -0.134. The van der Waals surface area contributed by atoms with Crippen molar-refractivity contribution in [3.63, 3.8) is 0 Å². The van der Waals surface area contributed by atoms with Gasteiger partial charge >= 0.3 is 0 Å². The summed E-state index contributed by atoms with van der Waals surface area (Å²) in [4.78, 5) is 28.6. The molecule has 1 aromatic heterocycles. The van der Waals surface area contributed by atoms with Crippen LogP contribution in [0.2, 0.25) is 0 Å². The molecule has 1 aliphatic heterocycles. The van der Waals surface area contributed by atoms with E-state index in [1.807, 2.05) is 19.9 Å². The molecule has 1 N–H and O–H groups in total. The topological polar surface area (TPSA) is 67.2 Å². The zero-order valence-electron chi connectivity index (χ0n) is 18.9. The van der Waals surface area contributed by atoms with Crippen LogP contribution < -0.4 is 5.32 Å². The summed E-state index contributed by atoms with van der Waals surface area (Å²) in [5.74, 6) is -0.125. The normalized spacial score (nSPS) is 24.0. The Balaban J connectivity index is 1.87.